The lowest BCUT2D eigenvalue weighted by Crippen LogP contribution is -2.62. The lowest BCUT2D eigenvalue weighted by Gasteiger charge is -2.60. The number of allylic oxidation sites excluding steroid dienone is 1. The summed E-state index contributed by atoms with van der Waals surface area (Å²) >= 11 is 1.05. The number of hydrogen-bond acceptors (Lipinski definition) is 6. The summed E-state index contributed by atoms with van der Waals surface area (Å²) in [5.74, 6) is 2.41. The molecule has 3 fully saturated rings. The fraction of sp³-hybridized carbons (Fsp3) is 0.545. The van der Waals surface area contributed by atoms with Crippen LogP contribution in [-0.4, -0.2) is 43.4 Å². The average Bonchev–Trinajstić information content (AvgIpc) is 3.48. The second-order valence-corrected chi connectivity index (χ2v) is 13.7. The van der Waals surface area contributed by atoms with Crippen molar-refractivity contribution in [3.63, 3.8) is 0 Å². The fourth-order valence-electron chi connectivity index (χ4n) is 9.00. The number of benzene rings is 1. The predicted octanol–water partition coefficient (Wildman–Crippen LogP) is 5.75. The number of aromatic nitrogens is 2. The van der Waals surface area contributed by atoms with Gasteiger partial charge in [-0.3, -0.25) is 9.59 Å². The summed E-state index contributed by atoms with van der Waals surface area (Å²) in [6.45, 7) is 6.06. The molecular weight excluding hydrogens is 539 g/mol. The first-order chi connectivity index (χ1) is 19.6. The van der Waals surface area contributed by atoms with Crippen LogP contribution in [0.2, 0.25) is 0 Å². The van der Waals surface area contributed by atoms with E-state index in [1.165, 1.54) is 17.7 Å². The van der Waals surface area contributed by atoms with Crippen molar-refractivity contribution < 1.29 is 23.8 Å². The number of aliphatic hydroxyl groups is 1. The molecule has 0 unspecified atom stereocenters. The third-order valence-electron chi connectivity index (χ3n) is 10.8. The van der Waals surface area contributed by atoms with Crippen LogP contribution >= 0.6 is 11.8 Å². The van der Waals surface area contributed by atoms with Crippen molar-refractivity contribution in [1.29, 1.82) is 0 Å². The van der Waals surface area contributed by atoms with E-state index in [1.807, 2.05) is 10.9 Å². The highest BCUT2D eigenvalue weighted by atomic mass is 32.2. The van der Waals surface area contributed by atoms with E-state index in [0.717, 1.165) is 54.4 Å². The van der Waals surface area contributed by atoms with E-state index in [4.69, 9.17) is 11.2 Å². The van der Waals surface area contributed by atoms with Gasteiger partial charge in [-0.15, -0.1) is 6.42 Å². The molecule has 7 atom stereocenters. The Morgan fingerprint density at radius 3 is 2.73 bits per heavy atom. The van der Waals surface area contributed by atoms with Crippen molar-refractivity contribution in [1.82, 2.24) is 9.78 Å². The summed E-state index contributed by atoms with van der Waals surface area (Å²) in [5.41, 5.74) is 2.01. The predicted molar refractivity (Wildman–Crippen MR) is 156 cm³/mol. The van der Waals surface area contributed by atoms with E-state index in [1.54, 1.807) is 19.1 Å². The summed E-state index contributed by atoms with van der Waals surface area (Å²) in [6, 6.07) is 6.36. The second-order valence-electron chi connectivity index (χ2n) is 12.7. The minimum Gasteiger partial charge on any atom is -0.449 e. The quantitative estimate of drug-likeness (QED) is 0.361. The van der Waals surface area contributed by atoms with Crippen LogP contribution < -0.4 is 0 Å². The van der Waals surface area contributed by atoms with Gasteiger partial charge in [-0.2, -0.15) is 5.10 Å². The largest absolute Gasteiger partial charge is 0.449 e. The van der Waals surface area contributed by atoms with E-state index in [0.29, 0.717) is 12.8 Å². The minimum atomic E-state index is -1.29. The van der Waals surface area contributed by atoms with Gasteiger partial charge in [0.15, 0.2) is 5.60 Å². The van der Waals surface area contributed by atoms with Crippen LogP contribution in [0.4, 0.5) is 4.39 Å². The maximum atomic E-state index is 13.7. The summed E-state index contributed by atoms with van der Waals surface area (Å²) in [4.78, 5) is 26.4. The van der Waals surface area contributed by atoms with E-state index >= 15 is 0 Å². The van der Waals surface area contributed by atoms with Crippen LogP contribution in [0.3, 0.4) is 0 Å². The van der Waals surface area contributed by atoms with Gasteiger partial charge < -0.3 is 9.84 Å². The van der Waals surface area contributed by atoms with Crippen LogP contribution in [0, 0.1) is 46.7 Å². The van der Waals surface area contributed by atoms with E-state index in [2.05, 4.69) is 30.9 Å². The van der Waals surface area contributed by atoms with E-state index in [9.17, 15) is 19.1 Å². The molecule has 0 saturated heterocycles. The number of terminal acetylenes is 1. The van der Waals surface area contributed by atoms with Gasteiger partial charge in [0.05, 0.1) is 29.4 Å². The molecule has 216 valence electrons. The molecule has 6 rings (SSSR count). The van der Waals surface area contributed by atoms with Crippen molar-refractivity contribution in [2.45, 2.75) is 77.4 Å². The number of carbonyl (C=O) groups is 2. The van der Waals surface area contributed by atoms with Gasteiger partial charge in [0.2, 0.25) is 5.12 Å². The molecule has 6 nitrogen and oxygen atoms in total. The zero-order chi connectivity index (χ0) is 29.2. The molecule has 1 aromatic carbocycles. The molecule has 41 heavy (non-hydrogen) atoms. The molecule has 2 aromatic rings. The molecule has 8 heteroatoms. The van der Waals surface area contributed by atoms with Gasteiger partial charge in [0.1, 0.15) is 5.82 Å². The zero-order valence-electron chi connectivity index (χ0n) is 23.9. The standard InChI is InChI=1S/C33H37FN2O4S/c1-5-15-41-30(39)33(40-28(38)6-2)14-13-25-24-12-7-21-16-26-20(19-35-36(26)23-10-8-22(34)9-11-23)17-31(21,3)29(24)27(37)18-32(25,33)4/h1,8-11,16,19,24-25,27,29,37H,6-7,12-15,17-18H2,2-4H3/t24-,25-,27-,29+,31-,32-,33-/m0/s1. The SMILES string of the molecule is C#CCSC(=O)[C@@]1(OC(=O)CC)CC[C@H]2[C@@H]3CCC4=Cc5c(cnn5-c5ccc(F)cc5)C[C@]4(C)[C@H]3[C@@H](O)C[C@@]21C. The molecule has 4 aliphatic rings. The lowest BCUT2D eigenvalue weighted by molar-refractivity contribution is -0.196. The molecule has 0 amide bonds. The maximum absolute atomic E-state index is 13.7. The third-order valence-corrected chi connectivity index (χ3v) is 11.7. The third kappa shape index (κ3) is 4.14. The number of nitrogens with zero attached hydrogens (tertiary/aromatic N) is 2. The van der Waals surface area contributed by atoms with Crippen molar-refractivity contribution >= 4 is 28.9 Å². The molecule has 0 aliphatic heterocycles. The second kappa shape index (κ2) is 10.1. The highest BCUT2D eigenvalue weighted by Crippen LogP contribution is 2.68. The first-order valence-corrected chi connectivity index (χ1v) is 15.6. The zero-order valence-corrected chi connectivity index (χ0v) is 24.7. The smallest absolute Gasteiger partial charge is 0.306 e. The molecule has 4 aliphatic carbocycles. The molecule has 1 heterocycles. The van der Waals surface area contributed by atoms with Crippen molar-refractivity contribution in [2.24, 2.45) is 28.6 Å². The Morgan fingerprint density at radius 1 is 1.27 bits per heavy atom. The summed E-state index contributed by atoms with van der Waals surface area (Å²) in [7, 11) is 0. The normalized spacial score (nSPS) is 35.3. The highest BCUT2D eigenvalue weighted by molar-refractivity contribution is 8.14. The Labute approximate surface area is 245 Å². The Morgan fingerprint density at radius 2 is 2.02 bits per heavy atom. The number of hydrogen-bond donors (Lipinski definition) is 1. The molecule has 3 saturated carbocycles. The van der Waals surface area contributed by atoms with Gasteiger partial charge in [-0.1, -0.05) is 44.0 Å². The number of thioether (sulfide) groups is 1. The van der Waals surface area contributed by atoms with Gasteiger partial charge in [0, 0.05) is 11.8 Å². The Kier molecular flexibility index (Phi) is 6.98. The van der Waals surface area contributed by atoms with Gasteiger partial charge >= 0.3 is 5.97 Å². The van der Waals surface area contributed by atoms with Crippen LogP contribution in [0.1, 0.15) is 70.6 Å². The van der Waals surface area contributed by atoms with Gasteiger partial charge in [0.25, 0.3) is 0 Å². The van der Waals surface area contributed by atoms with E-state index < -0.39 is 23.1 Å². The van der Waals surface area contributed by atoms with Crippen molar-refractivity contribution in [3.05, 3.63) is 53.1 Å². The summed E-state index contributed by atoms with van der Waals surface area (Å²) in [6.07, 6.45) is 13.3. The number of fused-ring (bicyclic) bond motifs is 6. The number of carbonyl (C=O) groups excluding carboxylic acids is 2. The van der Waals surface area contributed by atoms with Crippen LogP contribution in [0.5, 0.6) is 0 Å². The molecule has 0 bridgehead atoms. The monoisotopic (exact) mass is 576 g/mol. The van der Waals surface area contributed by atoms with Crippen LogP contribution in [0.25, 0.3) is 11.8 Å². The molecule has 0 spiro atoms. The van der Waals surface area contributed by atoms with Gasteiger partial charge in [-0.25, -0.2) is 9.07 Å². The van der Waals surface area contributed by atoms with Gasteiger partial charge in [-0.05, 0) is 97.6 Å². The number of aliphatic hydroxyl groups excluding tert-OH is 1. The fourth-order valence-corrected chi connectivity index (χ4v) is 9.82. The minimum absolute atomic E-state index is 0.00837. The maximum Gasteiger partial charge on any atom is 0.306 e. The van der Waals surface area contributed by atoms with E-state index in [-0.39, 0.29) is 46.3 Å². The van der Waals surface area contributed by atoms with Crippen LogP contribution in [0.15, 0.2) is 36.0 Å². The highest BCUT2D eigenvalue weighted by Gasteiger charge is 2.70. The Balaban J connectivity index is 1.35. The molecule has 1 aromatic heterocycles. The molecule has 1 N–H and O–H groups in total. The lowest BCUT2D eigenvalue weighted by atomic mass is 9.45. The molecule has 0 radical (unpaired) electrons. The number of halogens is 1. The Hall–Kier alpha value is -2.89. The number of ether oxygens (including phenoxy) is 1. The van der Waals surface area contributed by atoms with Crippen molar-refractivity contribution in [3.8, 4) is 18.0 Å². The van der Waals surface area contributed by atoms with Crippen LogP contribution in [-0.2, 0) is 20.7 Å². The van der Waals surface area contributed by atoms with Crippen molar-refractivity contribution in [2.75, 3.05) is 5.75 Å². The average molecular weight is 577 g/mol. The summed E-state index contributed by atoms with van der Waals surface area (Å²) in [5, 5.41) is 16.5. The summed E-state index contributed by atoms with van der Waals surface area (Å²) < 4.78 is 21.5. The first kappa shape index (κ1) is 28.2. The first-order valence-electron chi connectivity index (χ1n) is 14.6. The number of esters is 1. The number of rotatable bonds is 5. The molecular formula is C33H37FN2O4S. The topological polar surface area (TPSA) is 81.4 Å². The Bertz CT molecular complexity index is 1460.